The molecule has 0 aliphatic heterocycles. The molecule has 0 heterocycles. The Balaban J connectivity index is 2.08. The van der Waals surface area contributed by atoms with Gasteiger partial charge in [0.1, 0.15) is 0 Å². The van der Waals surface area contributed by atoms with Gasteiger partial charge in [-0.25, -0.2) is 0 Å². The van der Waals surface area contributed by atoms with Crippen LogP contribution in [0.3, 0.4) is 0 Å². The molecule has 0 saturated heterocycles. The molecule has 0 N–H and O–H groups in total. The molecule has 3 nitrogen and oxygen atoms in total. The zero-order valence-corrected chi connectivity index (χ0v) is 14.0. The van der Waals surface area contributed by atoms with Crippen LogP contribution in [-0.4, -0.2) is 4.92 Å². The van der Waals surface area contributed by atoms with Gasteiger partial charge in [0.2, 0.25) is 6.04 Å². The monoisotopic (exact) mass is 305 g/mol. The molecule has 0 bridgehead atoms. The van der Waals surface area contributed by atoms with E-state index in [9.17, 15) is 10.1 Å². The minimum atomic E-state index is -0.532. The van der Waals surface area contributed by atoms with Crippen molar-refractivity contribution >= 4 is 0 Å². The second-order valence-electron chi connectivity index (χ2n) is 6.18. The molecule has 22 heavy (non-hydrogen) atoms. The maximum atomic E-state index is 11.2. The van der Waals surface area contributed by atoms with Crippen molar-refractivity contribution in [2.45, 2.75) is 83.6 Å². The normalized spacial score (nSPS) is 12.2. The first kappa shape index (κ1) is 18.7. The third kappa shape index (κ3) is 8.16. The first-order valence-electron chi connectivity index (χ1n) is 8.94. The van der Waals surface area contributed by atoms with Crippen molar-refractivity contribution in [3.63, 3.8) is 0 Å². The number of benzene rings is 1. The van der Waals surface area contributed by atoms with E-state index >= 15 is 0 Å². The van der Waals surface area contributed by atoms with Crippen LogP contribution < -0.4 is 0 Å². The molecule has 0 aliphatic rings. The lowest BCUT2D eigenvalue weighted by molar-refractivity contribution is -0.530. The van der Waals surface area contributed by atoms with E-state index in [-0.39, 0.29) is 4.92 Å². The molecule has 1 atom stereocenters. The average Bonchev–Trinajstić information content (AvgIpc) is 2.53. The highest BCUT2D eigenvalue weighted by molar-refractivity contribution is 5.17. The van der Waals surface area contributed by atoms with Crippen LogP contribution in [0.1, 0.15) is 89.2 Å². The summed E-state index contributed by atoms with van der Waals surface area (Å²) in [4.78, 5) is 11.1. The Morgan fingerprint density at radius 1 is 0.864 bits per heavy atom. The summed E-state index contributed by atoms with van der Waals surface area (Å²) in [6, 6.07) is 8.86. The fourth-order valence-corrected chi connectivity index (χ4v) is 2.89. The van der Waals surface area contributed by atoms with E-state index < -0.39 is 6.04 Å². The zero-order chi connectivity index (χ0) is 16.0. The van der Waals surface area contributed by atoms with Gasteiger partial charge in [-0.05, 0) is 6.42 Å². The van der Waals surface area contributed by atoms with Crippen LogP contribution in [0, 0.1) is 10.1 Å². The van der Waals surface area contributed by atoms with Gasteiger partial charge in [0.05, 0.1) is 0 Å². The third-order valence-corrected chi connectivity index (χ3v) is 4.27. The molecule has 0 spiro atoms. The average molecular weight is 305 g/mol. The summed E-state index contributed by atoms with van der Waals surface area (Å²) >= 11 is 0. The lowest BCUT2D eigenvalue weighted by Crippen LogP contribution is -2.10. The Morgan fingerprint density at radius 3 is 1.86 bits per heavy atom. The molecule has 124 valence electrons. The number of rotatable bonds is 13. The van der Waals surface area contributed by atoms with Gasteiger partial charge in [0, 0.05) is 16.9 Å². The molecule has 0 saturated carbocycles. The fourth-order valence-electron chi connectivity index (χ4n) is 2.89. The van der Waals surface area contributed by atoms with Gasteiger partial charge in [-0.15, -0.1) is 0 Å². The Bertz CT molecular complexity index is 392. The topological polar surface area (TPSA) is 43.1 Å². The van der Waals surface area contributed by atoms with E-state index in [0.717, 1.165) is 18.4 Å². The summed E-state index contributed by atoms with van der Waals surface area (Å²) in [6.45, 7) is 2.24. The van der Waals surface area contributed by atoms with Crippen LogP contribution >= 0.6 is 0 Å². The first-order chi connectivity index (χ1) is 10.8. The quantitative estimate of drug-likeness (QED) is 0.243. The molecular formula is C19H31NO2. The number of nitro groups is 1. The lowest BCUT2D eigenvalue weighted by atomic mass is 10.00. The lowest BCUT2D eigenvalue weighted by Gasteiger charge is -2.09. The standard InChI is InChI=1S/C19H31NO2/c1-2-3-4-5-6-7-8-9-10-14-17-19(20(21)22)18-15-12-11-13-16-18/h11-13,15-16,19H,2-10,14,17H2,1H3. The van der Waals surface area contributed by atoms with Crippen molar-refractivity contribution in [3.8, 4) is 0 Å². The molecule has 1 aromatic rings. The molecule has 1 rings (SSSR count). The maximum absolute atomic E-state index is 11.2. The molecule has 0 fully saturated rings. The van der Waals surface area contributed by atoms with Gasteiger partial charge in [-0.3, -0.25) is 10.1 Å². The maximum Gasteiger partial charge on any atom is 0.238 e. The fraction of sp³-hybridized carbons (Fsp3) is 0.684. The van der Waals surface area contributed by atoms with Gasteiger partial charge in [0.25, 0.3) is 0 Å². The highest BCUT2D eigenvalue weighted by Crippen LogP contribution is 2.23. The summed E-state index contributed by atoms with van der Waals surface area (Å²) < 4.78 is 0. The molecular weight excluding hydrogens is 274 g/mol. The molecule has 0 aromatic heterocycles. The highest BCUT2D eigenvalue weighted by atomic mass is 16.6. The Kier molecular flexibility index (Phi) is 10.3. The van der Waals surface area contributed by atoms with Gasteiger partial charge >= 0.3 is 0 Å². The van der Waals surface area contributed by atoms with Crippen LogP contribution in [0.15, 0.2) is 30.3 Å². The van der Waals surface area contributed by atoms with Crippen LogP contribution in [0.4, 0.5) is 0 Å². The summed E-state index contributed by atoms with van der Waals surface area (Å²) in [7, 11) is 0. The predicted octanol–water partition coefficient (Wildman–Crippen LogP) is 6.32. The van der Waals surface area contributed by atoms with Gasteiger partial charge in [0.15, 0.2) is 0 Å². The largest absolute Gasteiger partial charge is 0.264 e. The van der Waals surface area contributed by atoms with Crippen LogP contribution in [0.25, 0.3) is 0 Å². The highest BCUT2D eigenvalue weighted by Gasteiger charge is 2.21. The summed E-state index contributed by atoms with van der Waals surface area (Å²) in [6.07, 6.45) is 13.3. The van der Waals surface area contributed by atoms with E-state index in [4.69, 9.17) is 0 Å². The first-order valence-corrected chi connectivity index (χ1v) is 8.94. The Labute approximate surface area is 135 Å². The second kappa shape index (κ2) is 12.2. The Hall–Kier alpha value is -1.38. The van der Waals surface area contributed by atoms with Crippen molar-refractivity contribution in [1.82, 2.24) is 0 Å². The zero-order valence-electron chi connectivity index (χ0n) is 14.0. The van der Waals surface area contributed by atoms with Crippen molar-refractivity contribution in [3.05, 3.63) is 46.0 Å². The number of hydrogen-bond acceptors (Lipinski definition) is 2. The van der Waals surface area contributed by atoms with Crippen molar-refractivity contribution in [2.24, 2.45) is 0 Å². The molecule has 1 aromatic carbocycles. The minimum absolute atomic E-state index is 0.136. The molecule has 0 aliphatic carbocycles. The summed E-state index contributed by atoms with van der Waals surface area (Å²) in [5.74, 6) is 0. The van der Waals surface area contributed by atoms with Crippen molar-refractivity contribution < 1.29 is 4.92 Å². The van der Waals surface area contributed by atoms with Crippen LogP contribution in [0.2, 0.25) is 0 Å². The van der Waals surface area contributed by atoms with Crippen molar-refractivity contribution in [2.75, 3.05) is 0 Å². The minimum Gasteiger partial charge on any atom is -0.264 e. The SMILES string of the molecule is CCCCCCCCCCCCC(c1ccccc1)[N+](=O)[O-]. The molecule has 1 unspecified atom stereocenters. The van der Waals surface area contributed by atoms with Gasteiger partial charge in [-0.1, -0.05) is 95.0 Å². The Morgan fingerprint density at radius 2 is 1.36 bits per heavy atom. The number of unbranched alkanes of at least 4 members (excludes halogenated alkanes) is 9. The number of nitrogens with zero attached hydrogens (tertiary/aromatic N) is 1. The van der Waals surface area contributed by atoms with Gasteiger partial charge in [-0.2, -0.15) is 0 Å². The molecule has 0 radical (unpaired) electrons. The van der Waals surface area contributed by atoms with Crippen molar-refractivity contribution in [1.29, 1.82) is 0 Å². The molecule has 3 heteroatoms. The predicted molar refractivity (Wildman–Crippen MR) is 92.6 cm³/mol. The molecule has 0 amide bonds. The van der Waals surface area contributed by atoms with E-state index in [1.807, 2.05) is 30.3 Å². The number of hydrogen-bond donors (Lipinski definition) is 0. The van der Waals surface area contributed by atoms with E-state index in [1.54, 1.807) is 0 Å². The van der Waals surface area contributed by atoms with E-state index in [1.165, 1.54) is 51.4 Å². The summed E-state index contributed by atoms with van der Waals surface area (Å²) in [5, 5.41) is 11.2. The van der Waals surface area contributed by atoms with Crippen LogP contribution in [-0.2, 0) is 0 Å². The second-order valence-corrected chi connectivity index (χ2v) is 6.18. The van der Waals surface area contributed by atoms with E-state index in [0.29, 0.717) is 6.42 Å². The van der Waals surface area contributed by atoms with E-state index in [2.05, 4.69) is 6.92 Å². The summed E-state index contributed by atoms with van der Waals surface area (Å²) in [5.41, 5.74) is 0.837. The smallest absolute Gasteiger partial charge is 0.238 e. The van der Waals surface area contributed by atoms with Gasteiger partial charge < -0.3 is 0 Å². The van der Waals surface area contributed by atoms with Crippen LogP contribution in [0.5, 0.6) is 0 Å². The third-order valence-electron chi connectivity index (χ3n) is 4.27.